The van der Waals surface area contributed by atoms with E-state index in [0.29, 0.717) is 33.7 Å². The molecule has 4 N–H and O–H groups in total. The van der Waals surface area contributed by atoms with Gasteiger partial charge in [0.1, 0.15) is 28.2 Å². The molecule has 0 fully saturated rings. The van der Waals surface area contributed by atoms with Crippen LogP contribution in [0.1, 0.15) is 5.56 Å². The number of ether oxygens (including phenoxy) is 1. The molecule has 2 aromatic carbocycles. The second-order valence-electron chi connectivity index (χ2n) is 6.93. The van der Waals surface area contributed by atoms with Gasteiger partial charge in [-0.3, -0.25) is 4.79 Å². The van der Waals surface area contributed by atoms with E-state index < -0.39 is 0 Å². The SMILES string of the molecule is Cc1cc(Oc2ccccc2)ncc1-n1nc2c(c1N)c(=O)[nH]c1cc(O)ccc12. The molecule has 0 aliphatic rings. The zero-order valence-corrected chi connectivity index (χ0v) is 16.0. The summed E-state index contributed by atoms with van der Waals surface area (Å²) in [5.74, 6) is 1.39. The quantitative estimate of drug-likeness (QED) is 0.426. The van der Waals surface area contributed by atoms with Crippen molar-refractivity contribution in [2.45, 2.75) is 6.92 Å². The highest BCUT2D eigenvalue weighted by Gasteiger charge is 2.18. The predicted molar refractivity (Wildman–Crippen MR) is 114 cm³/mol. The molecule has 3 heterocycles. The summed E-state index contributed by atoms with van der Waals surface area (Å²) in [6.07, 6.45) is 1.61. The number of fused-ring (bicyclic) bond motifs is 3. The summed E-state index contributed by atoms with van der Waals surface area (Å²) in [6.45, 7) is 1.89. The Labute approximate surface area is 170 Å². The zero-order chi connectivity index (χ0) is 20.8. The Hall–Kier alpha value is -4.33. The van der Waals surface area contributed by atoms with Crippen LogP contribution in [0.15, 0.2) is 65.6 Å². The molecule has 0 aliphatic carbocycles. The summed E-state index contributed by atoms with van der Waals surface area (Å²) in [4.78, 5) is 19.7. The maximum absolute atomic E-state index is 12.6. The Balaban J connectivity index is 1.64. The Bertz CT molecular complexity index is 1470. The van der Waals surface area contributed by atoms with Gasteiger partial charge in [-0.2, -0.15) is 5.10 Å². The number of hydrogen-bond acceptors (Lipinski definition) is 6. The molecule has 5 rings (SSSR count). The Morgan fingerprint density at radius 3 is 2.70 bits per heavy atom. The van der Waals surface area contributed by atoms with Crippen molar-refractivity contribution < 1.29 is 9.84 Å². The number of nitrogens with one attached hydrogen (secondary N) is 1. The molecule has 8 nitrogen and oxygen atoms in total. The van der Waals surface area contributed by atoms with Crippen molar-refractivity contribution in [1.29, 1.82) is 0 Å². The van der Waals surface area contributed by atoms with Gasteiger partial charge in [0.2, 0.25) is 5.88 Å². The van der Waals surface area contributed by atoms with E-state index in [9.17, 15) is 9.90 Å². The smallest absolute Gasteiger partial charge is 0.261 e. The monoisotopic (exact) mass is 399 g/mol. The van der Waals surface area contributed by atoms with E-state index >= 15 is 0 Å². The molecule has 3 aromatic heterocycles. The van der Waals surface area contributed by atoms with Crippen molar-refractivity contribution in [1.82, 2.24) is 19.7 Å². The minimum absolute atomic E-state index is 0.0546. The summed E-state index contributed by atoms with van der Waals surface area (Å²) in [7, 11) is 0. The van der Waals surface area contributed by atoms with Crippen molar-refractivity contribution in [3.05, 3.63) is 76.7 Å². The first-order valence-corrected chi connectivity index (χ1v) is 9.24. The van der Waals surface area contributed by atoms with Crippen molar-refractivity contribution in [3.63, 3.8) is 0 Å². The average Bonchev–Trinajstić information content (AvgIpc) is 3.06. The highest BCUT2D eigenvalue weighted by molar-refractivity contribution is 6.07. The number of pyridine rings is 2. The second-order valence-corrected chi connectivity index (χ2v) is 6.93. The Morgan fingerprint density at radius 1 is 1.13 bits per heavy atom. The molecule has 0 amide bonds. The van der Waals surface area contributed by atoms with E-state index in [1.807, 2.05) is 37.3 Å². The molecule has 0 saturated heterocycles. The first-order valence-electron chi connectivity index (χ1n) is 9.24. The molecule has 0 aliphatic heterocycles. The van der Waals surface area contributed by atoms with Crippen LogP contribution in [-0.2, 0) is 0 Å². The molecule has 148 valence electrons. The summed E-state index contributed by atoms with van der Waals surface area (Å²) in [5, 5.41) is 15.3. The van der Waals surface area contributed by atoms with Gasteiger partial charge < -0.3 is 20.6 Å². The first kappa shape index (κ1) is 17.7. The third kappa shape index (κ3) is 2.82. The van der Waals surface area contributed by atoms with Gasteiger partial charge in [-0.25, -0.2) is 9.67 Å². The number of para-hydroxylation sites is 1. The van der Waals surface area contributed by atoms with Crippen LogP contribution in [0.3, 0.4) is 0 Å². The van der Waals surface area contributed by atoms with E-state index in [-0.39, 0.29) is 22.5 Å². The van der Waals surface area contributed by atoms with Gasteiger partial charge in [0, 0.05) is 17.5 Å². The van der Waals surface area contributed by atoms with Crippen LogP contribution < -0.4 is 16.0 Å². The van der Waals surface area contributed by atoms with Crippen molar-refractivity contribution in [2.24, 2.45) is 0 Å². The second kappa shape index (κ2) is 6.63. The molecule has 0 atom stereocenters. The highest BCUT2D eigenvalue weighted by Crippen LogP contribution is 2.30. The number of phenolic OH excluding ortho intramolecular Hbond substituents is 1. The number of benzene rings is 2. The molecule has 30 heavy (non-hydrogen) atoms. The van der Waals surface area contributed by atoms with Crippen LogP contribution in [0, 0.1) is 6.92 Å². The Kier molecular flexibility index (Phi) is 3.92. The first-order chi connectivity index (χ1) is 14.5. The summed E-state index contributed by atoms with van der Waals surface area (Å²) < 4.78 is 7.28. The lowest BCUT2D eigenvalue weighted by molar-refractivity contribution is 0.462. The number of nitrogen functional groups attached to an aromatic ring is 1. The third-order valence-electron chi connectivity index (χ3n) is 4.91. The van der Waals surface area contributed by atoms with Gasteiger partial charge in [-0.1, -0.05) is 18.2 Å². The van der Waals surface area contributed by atoms with E-state index in [0.717, 1.165) is 5.56 Å². The van der Waals surface area contributed by atoms with Crippen LogP contribution in [-0.4, -0.2) is 24.9 Å². The van der Waals surface area contributed by atoms with Gasteiger partial charge in [0.15, 0.2) is 0 Å². The largest absolute Gasteiger partial charge is 0.508 e. The number of nitrogens with zero attached hydrogens (tertiary/aromatic N) is 3. The third-order valence-corrected chi connectivity index (χ3v) is 4.91. The number of aromatic nitrogens is 4. The fraction of sp³-hybridized carbons (Fsp3) is 0.0455. The molecule has 8 heteroatoms. The Morgan fingerprint density at radius 2 is 1.93 bits per heavy atom. The lowest BCUT2D eigenvalue weighted by atomic mass is 10.1. The topological polar surface area (TPSA) is 119 Å². The van der Waals surface area contributed by atoms with Gasteiger partial charge >= 0.3 is 0 Å². The fourth-order valence-electron chi connectivity index (χ4n) is 3.46. The van der Waals surface area contributed by atoms with E-state index in [4.69, 9.17) is 10.5 Å². The van der Waals surface area contributed by atoms with Crippen LogP contribution in [0.2, 0.25) is 0 Å². The standard InChI is InChI=1S/C22H17N5O3/c1-12-9-18(30-14-5-3-2-4-6-14)24-11-17(12)27-21(23)19-20(26-27)15-8-7-13(28)10-16(15)25-22(19)29/h2-11,28H,23H2,1H3,(H,25,29). The molecular formula is C22H17N5O3. The number of aryl methyl sites for hydroxylation is 1. The predicted octanol–water partition coefficient (Wildman–Crippen LogP) is 3.65. The number of phenols is 1. The highest BCUT2D eigenvalue weighted by atomic mass is 16.5. The summed E-state index contributed by atoms with van der Waals surface area (Å²) in [5.41, 5.74) is 8.32. The molecule has 0 unspecified atom stereocenters. The van der Waals surface area contributed by atoms with Crippen molar-refractivity contribution in [2.75, 3.05) is 5.73 Å². The number of hydrogen-bond donors (Lipinski definition) is 3. The van der Waals surface area contributed by atoms with Crippen LogP contribution in [0.25, 0.3) is 27.5 Å². The maximum atomic E-state index is 12.6. The van der Waals surface area contributed by atoms with Gasteiger partial charge in [0.05, 0.1) is 17.4 Å². The van der Waals surface area contributed by atoms with Crippen LogP contribution in [0.4, 0.5) is 5.82 Å². The number of nitrogens with two attached hydrogens (primary N) is 1. The number of aromatic hydroxyl groups is 1. The van der Waals surface area contributed by atoms with Crippen molar-refractivity contribution in [3.8, 4) is 23.1 Å². The van der Waals surface area contributed by atoms with E-state index in [1.54, 1.807) is 18.3 Å². The number of H-pyrrole nitrogens is 1. The summed E-state index contributed by atoms with van der Waals surface area (Å²) in [6, 6.07) is 15.9. The average molecular weight is 399 g/mol. The van der Waals surface area contributed by atoms with Gasteiger partial charge in [0.25, 0.3) is 5.56 Å². The zero-order valence-electron chi connectivity index (χ0n) is 16.0. The lowest BCUT2D eigenvalue weighted by Gasteiger charge is -2.10. The van der Waals surface area contributed by atoms with E-state index in [1.165, 1.54) is 16.8 Å². The minimum Gasteiger partial charge on any atom is -0.508 e. The molecule has 0 bridgehead atoms. The molecule has 0 saturated carbocycles. The van der Waals surface area contributed by atoms with E-state index in [2.05, 4.69) is 15.1 Å². The number of rotatable bonds is 3. The summed E-state index contributed by atoms with van der Waals surface area (Å²) >= 11 is 0. The number of aromatic amines is 1. The van der Waals surface area contributed by atoms with Crippen LogP contribution >= 0.6 is 0 Å². The molecule has 5 aromatic rings. The van der Waals surface area contributed by atoms with Crippen molar-refractivity contribution >= 4 is 27.6 Å². The number of anilines is 1. The normalized spacial score (nSPS) is 11.2. The minimum atomic E-state index is -0.374. The van der Waals surface area contributed by atoms with Crippen LogP contribution in [0.5, 0.6) is 17.4 Å². The molecular weight excluding hydrogens is 382 g/mol. The lowest BCUT2D eigenvalue weighted by Crippen LogP contribution is -2.09. The molecule has 0 spiro atoms. The fourth-order valence-corrected chi connectivity index (χ4v) is 3.46. The van der Waals surface area contributed by atoms with Gasteiger partial charge in [-0.05, 0) is 36.8 Å². The molecule has 0 radical (unpaired) electrons. The van der Waals surface area contributed by atoms with Gasteiger partial charge in [-0.15, -0.1) is 0 Å². The maximum Gasteiger partial charge on any atom is 0.261 e.